The molecule has 0 rings (SSSR count). The van der Waals surface area contributed by atoms with E-state index in [0.717, 1.165) is 102 Å². The molecule has 0 aromatic rings. The minimum Gasteiger partial charge on any atom is -0.462 e. The molecule has 0 amide bonds. The maximum Gasteiger partial charge on any atom is 0.472 e. The number of ether oxygens (including phenoxy) is 4. The number of unbranched alkanes of at least 4 members (excludes halogenated alkanes) is 60. The van der Waals surface area contributed by atoms with Crippen LogP contribution in [-0.2, 0) is 65.4 Å². The van der Waals surface area contributed by atoms with E-state index in [1.807, 2.05) is 0 Å². The molecule has 0 aromatic carbocycles. The molecular formula is C88H172O17P2. The summed E-state index contributed by atoms with van der Waals surface area (Å²) in [4.78, 5) is 73.2. The Balaban J connectivity index is 5.17. The first kappa shape index (κ1) is 105. The minimum atomic E-state index is -4.97. The second-order valence-corrected chi connectivity index (χ2v) is 35.0. The van der Waals surface area contributed by atoms with Crippen LogP contribution < -0.4 is 0 Å². The minimum absolute atomic E-state index is 0.108. The predicted molar refractivity (Wildman–Crippen MR) is 442 cm³/mol. The summed E-state index contributed by atoms with van der Waals surface area (Å²) in [5.74, 6) is -1.31. The molecule has 636 valence electrons. The van der Waals surface area contributed by atoms with E-state index in [4.69, 9.17) is 37.0 Å². The number of aliphatic hydroxyl groups excluding tert-OH is 1. The first-order valence-electron chi connectivity index (χ1n) is 45.6. The van der Waals surface area contributed by atoms with Gasteiger partial charge in [0.25, 0.3) is 0 Å². The van der Waals surface area contributed by atoms with Crippen molar-refractivity contribution in [2.45, 2.75) is 496 Å². The highest BCUT2D eigenvalue weighted by Crippen LogP contribution is 2.45. The van der Waals surface area contributed by atoms with Crippen molar-refractivity contribution in [2.24, 2.45) is 5.92 Å². The molecule has 2 unspecified atom stereocenters. The number of phosphoric acid groups is 2. The lowest BCUT2D eigenvalue weighted by molar-refractivity contribution is -0.161. The van der Waals surface area contributed by atoms with Crippen molar-refractivity contribution in [1.82, 2.24) is 0 Å². The maximum absolute atomic E-state index is 13.2. The van der Waals surface area contributed by atoms with Crippen LogP contribution in [0.2, 0.25) is 0 Å². The van der Waals surface area contributed by atoms with Crippen molar-refractivity contribution < 1.29 is 80.2 Å². The number of esters is 4. The van der Waals surface area contributed by atoms with Gasteiger partial charge in [0.15, 0.2) is 12.2 Å². The molecule has 0 aliphatic heterocycles. The van der Waals surface area contributed by atoms with Crippen molar-refractivity contribution in [1.29, 1.82) is 0 Å². The van der Waals surface area contributed by atoms with Crippen molar-refractivity contribution >= 4 is 39.5 Å². The fraction of sp³-hybridized carbons (Fsp3) is 0.955. The molecule has 0 saturated carbocycles. The molecule has 3 N–H and O–H groups in total. The Morgan fingerprint density at radius 3 is 0.636 bits per heavy atom. The monoisotopic (exact) mass is 1560 g/mol. The summed E-state index contributed by atoms with van der Waals surface area (Å²) in [6.45, 7) is 7.36. The number of hydrogen-bond donors (Lipinski definition) is 3. The smallest absolute Gasteiger partial charge is 0.462 e. The van der Waals surface area contributed by atoms with Crippen LogP contribution in [0.5, 0.6) is 0 Å². The van der Waals surface area contributed by atoms with Crippen molar-refractivity contribution in [2.75, 3.05) is 39.6 Å². The number of carbonyl (C=O) groups is 4. The molecule has 0 heterocycles. The molecule has 5 atom stereocenters. The molecule has 0 aliphatic carbocycles. The van der Waals surface area contributed by atoms with E-state index in [0.29, 0.717) is 25.7 Å². The summed E-state index contributed by atoms with van der Waals surface area (Å²) < 4.78 is 68.9. The largest absolute Gasteiger partial charge is 0.472 e. The molecule has 0 spiro atoms. The van der Waals surface area contributed by atoms with Gasteiger partial charge in [-0.3, -0.25) is 37.3 Å². The Morgan fingerprint density at radius 1 is 0.252 bits per heavy atom. The summed E-state index contributed by atoms with van der Waals surface area (Å²) >= 11 is 0. The quantitative estimate of drug-likeness (QED) is 0.0222. The van der Waals surface area contributed by atoms with Gasteiger partial charge in [0.2, 0.25) is 0 Å². The van der Waals surface area contributed by atoms with Gasteiger partial charge < -0.3 is 33.8 Å². The lowest BCUT2D eigenvalue weighted by Gasteiger charge is -2.21. The SMILES string of the molecule is CCCCCCCCCCCCCCCCCCCCCCCCC(=O)O[C@H](COC(=O)CCCCCCCCCCCCCCCCCCCCCC)COP(=O)(O)OC[C@@H](O)COP(=O)(O)OC[C@@H](COC(=O)CCCCCCCCCC)OC(=O)CCCCCCCCCCCCCCCCC(C)C. The van der Waals surface area contributed by atoms with Crippen LogP contribution in [-0.4, -0.2) is 96.7 Å². The summed E-state index contributed by atoms with van der Waals surface area (Å²) in [6.07, 6.45) is 75.3. The molecule has 17 nitrogen and oxygen atoms in total. The third-order valence-electron chi connectivity index (χ3n) is 20.8. The van der Waals surface area contributed by atoms with Gasteiger partial charge in [0.05, 0.1) is 26.4 Å². The van der Waals surface area contributed by atoms with Gasteiger partial charge in [-0.25, -0.2) is 9.13 Å². The third-order valence-corrected chi connectivity index (χ3v) is 22.7. The first-order chi connectivity index (χ1) is 52.0. The lowest BCUT2D eigenvalue weighted by atomic mass is 10.0. The Kier molecular flexibility index (Phi) is 79.2. The summed E-state index contributed by atoms with van der Waals surface area (Å²) in [5, 5.41) is 10.7. The number of rotatable bonds is 88. The summed E-state index contributed by atoms with van der Waals surface area (Å²) in [7, 11) is -9.93. The topological polar surface area (TPSA) is 237 Å². The van der Waals surface area contributed by atoms with Gasteiger partial charge in [-0.05, 0) is 31.6 Å². The second kappa shape index (κ2) is 80.7. The molecule has 19 heteroatoms. The van der Waals surface area contributed by atoms with Gasteiger partial charge in [-0.15, -0.1) is 0 Å². The zero-order valence-electron chi connectivity index (χ0n) is 70.3. The van der Waals surface area contributed by atoms with Crippen molar-refractivity contribution in [3.05, 3.63) is 0 Å². The normalized spacial score (nSPS) is 13.7. The van der Waals surface area contributed by atoms with Gasteiger partial charge in [0.1, 0.15) is 19.3 Å². The van der Waals surface area contributed by atoms with Gasteiger partial charge in [0, 0.05) is 25.7 Å². The Labute approximate surface area is 658 Å². The average Bonchev–Trinajstić information content (AvgIpc) is 0.902. The molecule has 0 fully saturated rings. The van der Waals surface area contributed by atoms with E-state index in [-0.39, 0.29) is 25.7 Å². The van der Waals surface area contributed by atoms with Gasteiger partial charge in [-0.1, -0.05) is 426 Å². The van der Waals surface area contributed by atoms with E-state index in [2.05, 4.69) is 34.6 Å². The van der Waals surface area contributed by atoms with E-state index in [1.165, 1.54) is 295 Å². The third kappa shape index (κ3) is 81.9. The van der Waals surface area contributed by atoms with Crippen LogP contribution in [0.15, 0.2) is 0 Å². The van der Waals surface area contributed by atoms with Gasteiger partial charge >= 0.3 is 39.5 Å². The number of carbonyl (C=O) groups excluding carboxylic acids is 4. The van der Waals surface area contributed by atoms with E-state index < -0.39 is 97.5 Å². The molecule has 0 saturated heterocycles. The average molecular weight is 1560 g/mol. The summed E-state index contributed by atoms with van der Waals surface area (Å²) in [6, 6.07) is 0. The van der Waals surface area contributed by atoms with Crippen molar-refractivity contribution in [3.63, 3.8) is 0 Å². The van der Waals surface area contributed by atoms with Crippen LogP contribution in [0, 0.1) is 5.92 Å². The molecule has 0 aromatic heterocycles. The van der Waals surface area contributed by atoms with Crippen LogP contribution in [0.3, 0.4) is 0 Å². The van der Waals surface area contributed by atoms with Crippen LogP contribution >= 0.6 is 15.6 Å². The molecular weight excluding hydrogens is 1390 g/mol. The zero-order valence-corrected chi connectivity index (χ0v) is 72.1. The van der Waals surface area contributed by atoms with Crippen molar-refractivity contribution in [3.8, 4) is 0 Å². The van der Waals surface area contributed by atoms with E-state index in [1.54, 1.807) is 0 Å². The zero-order chi connectivity index (χ0) is 78.3. The van der Waals surface area contributed by atoms with Crippen LogP contribution in [0.4, 0.5) is 0 Å². The maximum atomic E-state index is 13.2. The highest BCUT2D eigenvalue weighted by Gasteiger charge is 2.30. The predicted octanol–water partition coefficient (Wildman–Crippen LogP) is 27.2. The molecule has 0 radical (unpaired) electrons. The number of phosphoric ester groups is 2. The van der Waals surface area contributed by atoms with Gasteiger partial charge in [-0.2, -0.15) is 0 Å². The molecule has 107 heavy (non-hydrogen) atoms. The highest BCUT2D eigenvalue weighted by atomic mass is 31.2. The fourth-order valence-corrected chi connectivity index (χ4v) is 15.4. The van der Waals surface area contributed by atoms with E-state index >= 15 is 0 Å². The number of hydrogen-bond acceptors (Lipinski definition) is 15. The Hall–Kier alpha value is -1.94. The molecule has 0 aliphatic rings. The number of aliphatic hydroxyl groups is 1. The second-order valence-electron chi connectivity index (χ2n) is 32.1. The fourth-order valence-electron chi connectivity index (χ4n) is 13.8. The standard InChI is InChI=1S/C88H172O17P2/c1-6-9-12-15-18-21-23-25-27-29-31-33-34-36-38-40-45-49-53-58-63-68-73-88(93)105-84(78-99-86(91)72-67-62-57-52-48-44-39-37-35-32-30-28-26-24-22-19-16-13-10-7-2)80-103-107(96,97)101-76-82(89)75-100-106(94,95)102-79-83(77-98-85(90)71-66-61-56-20-17-14-11-8-3)104-87(92)74-69-64-59-54-50-46-42-41-43-47-51-55-60-65-70-81(4)5/h81-84,89H,6-80H2,1-5H3,(H,94,95)(H,96,97)/t82-,83+,84+/m0/s1. The Morgan fingerprint density at radius 2 is 0.430 bits per heavy atom. The summed E-state index contributed by atoms with van der Waals surface area (Å²) in [5.41, 5.74) is 0. The van der Waals surface area contributed by atoms with E-state index in [9.17, 15) is 43.2 Å². The Bertz CT molecular complexity index is 2030. The molecule has 0 bridgehead atoms. The first-order valence-corrected chi connectivity index (χ1v) is 48.6. The lowest BCUT2D eigenvalue weighted by Crippen LogP contribution is -2.30. The van der Waals surface area contributed by atoms with Crippen LogP contribution in [0.25, 0.3) is 0 Å². The highest BCUT2D eigenvalue weighted by molar-refractivity contribution is 7.47. The van der Waals surface area contributed by atoms with Crippen LogP contribution in [0.1, 0.15) is 478 Å².